The summed E-state index contributed by atoms with van der Waals surface area (Å²) >= 11 is 0. The topological polar surface area (TPSA) is 92.5 Å². The molecule has 1 aliphatic carbocycles. The Balaban J connectivity index is 0.00000225. The van der Waals surface area contributed by atoms with Gasteiger partial charge >= 0.3 is 0 Å². The normalized spacial score (nSPS) is 25.6. The van der Waals surface area contributed by atoms with Gasteiger partial charge in [0.2, 0.25) is 10.0 Å². The van der Waals surface area contributed by atoms with Crippen LogP contribution in [0.15, 0.2) is 23.1 Å². The van der Waals surface area contributed by atoms with Crippen LogP contribution in [0.4, 0.5) is 0 Å². The summed E-state index contributed by atoms with van der Waals surface area (Å²) in [5.41, 5.74) is 7.39. The predicted molar refractivity (Wildman–Crippen MR) is 99.4 cm³/mol. The maximum atomic E-state index is 12.9. The minimum Gasteiger partial charge on any atom is -0.338 e. The highest BCUT2D eigenvalue weighted by atomic mass is 35.5. The quantitative estimate of drug-likeness (QED) is 0.819. The van der Waals surface area contributed by atoms with Crippen molar-refractivity contribution < 1.29 is 13.2 Å². The number of likely N-dealkylation sites (tertiary alicyclic amines) is 1. The van der Waals surface area contributed by atoms with Crippen LogP contribution < -0.4 is 10.5 Å². The molecule has 3 unspecified atom stereocenters. The van der Waals surface area contributed by atoms with Gasteiger partial charge in [-0.1, -0.05) is 13.0 Å². The Morgan fingerprint density at radius 2 is 2.04 bits per heavy atom. The lowest BCUT2D eigenvalue weighted by atomic mass is 9.98. The first-order valence-corrected chi connectivity index (χ1v) is 9.97. The average molecular weight is 388 g/mol. The van der Waals surface area contributed by atoms with Gasteiger partial charge in [0.05, 0.1) is 4.90 Å². The number of benzene rings is 1. The molecule has 3 rings (SSSR count). The standard InChI is InChI=1S/C17H25N3O3S.ClH/c1-3-19-24(22,23)13-6-4-11(2)14(8-13)17(21)20-9-12-5-7-16(18)15(12)10-20;/h4,6,8,12,15-16,19H,3,5,7,9-10,18H2,1-2H3;1H. The van der Waals surface area contributed by atoms with E-state index in [0.717, 1.165) is 24.9 Å². The van der Waals surface area contributed by atoms with E-state index in [4.69, 9.17) is 5.73 Å². The maximum absolute atomic E-state index is 12.9. The molecule has 0 radical (unpaired) electrons. The van der Waals surface area contributed by atoms with Gasteiger partial charge in [-0.15, -0.1) is 12.4 Å². The summed E-state index contributed by atoms with van der Waals surface area (Å²) in [5, 5.41) is 0. The maximum Gasteiger partial charge on any atom is 0.254 e. The van der Waals surface area contributed by atoms with Gasteiger partial charge in [0.15, 0.2) is 0 Å². The molecule has 0 aromatic heterocycles. The summed E-state index contributed by atoms with van der Waals surface area (Å²) in [5.74, 6) is 0.767. The number of sulfonamides is 1. The molecule has 1 amide bonds. The van der Waals surface area contributed by atoms with E-state index in [1.54, 1.807) is 19.1 Å². The fourth-order valence-corrected chi connectivity index (χ4v) is 4.98. The van der Waals surface area contributed by atoms with Crippen LogP contribution in [0.2, 0.25) is 0 Å². The van der Waals surface area contributed by atoms with Crippen molar-refractivity contribution in [2.24, 2.45) is 17.6 Å². The minimum absolute atomic E-state index is 0. The van der Waals surface area contributed by atoms with Gasteiger partial charge in [-0.3, -0.25) is 4.79 Å². The molecule has 3 N–H and O–H groups in total. The monoisotopic (exact) mass is 387 g/mol. The highest BCUT2D eigenvalue weighted by Gasteiger charge is 2.42. The number of fused-ring (bicyclic) bond motifs is 1. The number of amides is 1. The van der Waals surface area contributed by atoms with Crippen molar-refractivity contribution in [3.05, 3.63) is 29.3 Å². The lowest BCUT2D eigenvalue weighted by Crippen LogP contribution is -2.34. The number of carbonyl (C=O) groups is 1. The van der Waals surface area contributed by atoms with Crippen molar-refractivity contribution in [3.8, 4) is 0 Å². The molecule has 1 saturated carbocycles. The zero-order valence-corrected chi connectivity index (χ0v) is 16.2. The molecule has 1 aromatic rings. The second-order valence-electron chi connectivity index (χ2n) is 6.85. The van der Waals surface area contributed by atoms with Crippen LogP contribution in [0.3, 0.4) is 0 Å². The highest BCUT2D eigenvalue weighted by molar-refractivity contribution is 7.89. The van der Waals surface area contributed by atoms with Crippen molar-refractivity contribution in [2.75, 3.05) is 19.6 Å². The number of hydrogen-bond donors (Lipinski definition) is 2. The van der Waals surface area contributed by atoms with Gasteiger partial charge in [0.1, 0.15) is 0 Å². The van der Waals surface area contributed by atoms with Gasteiger partial charge < -0.3 is 10.6 Å². The molecule has 1 heterocycles. The lowest BCUT2D eigenvalue weighted by molar-refractivity contribution is 0.0778. The lowest BCUT2D eigenvalue weighted by Gasteiger charge is -2.20. The molecule has 140 valence electrons. The molecule has 25 heavy (non-hydrogen) atoms. The summed E-state index contributed by atoms with van der Waals surface area (Å²) < 4.78 is 26.8. The molecular weight excluding hydrogens is 362 g/mol. The Labute approximate surface area is 155 Å². The van der Waals surface area contributed by atoms with Crippen molar-refractivity contribution in [2.45, 2.75) is 37.6 Å². The fourth-order valence-electron chi connectivity index (χ4n) is 3.92. The molecule has 0 bridgehead atoms. The summed E-state index contributed by atoms with van der Waals surface area (Å²) in [7, 11) is -3.57. The van der Waals surface area contributed by atoms with Crippen molar-refractivity contribution in [1.82, 2.24) is 9.62 Å². The SMILES string of the molecule is CCNS(=O)(=O)c1ccc(C)c(C(=O)N2CC3CCC(N)C3C2)c1.Cl. The Morgan fingerprint density at radius 3 is 2.68 bits per heavy atom. The number of aryl methyl sites for hydroxylation is 1. The van der Waals surface area contributed by atoms with Gasteiger partial charge in [-0.2, -0.15) is 0 Å². The Kier molecular flexibility index (Phi) is 6.14. The molecule has 1 saturated heterocycles. The summed E-state index contributed by atoms with van der Waals surface area (Å²) in [6.45, 7) is 5.27. The van der Waals surface area contributed by atoms with E-state index in [1.807, 2.05) is 11.8 Å². The second-order valence-corrected chi connectivity index (χ2v) is 8.62. The molecule has 8 heteroatoms. The van der Waals surface area contributed by atoms with Crippen LogP contribution in [0.1, 0.15) is 35.7 Å². The van der Waals surface area contributed by atoms with Crippen LogP contribution >= 0.6 is 12.4 Å². The zero-order valence-electron chi connectivity index (χ0n) is 14.6. The largest absolute Gasteiger partial charge is 0.338 e. The second kappa shape index (κ2) is 7.61. The molecule has 2 fully saturated rings. The van der Waals surface area contributed by atoms with Gasteiger partial charge in [0, 0.05) is 31.2 Å². The first-order chi connectivity index (χ1) is 11.3. The summed E-state index contributed by atoms with van der Waals surface area (Å²) in [6.07, 6.45) is 2.11. The summed E-state index contributed by atoms with van der Waals surface area (Å²) in [6, 6.07) is 4.90. The number of nitrogens with one attached hydrogen (secondary N) is 1. The van der Waals surface area contributed by atoms with Gasteiger partial charge in [-0.05, 0) is 49.3 Å². The number of hydrogen-bond acceptors (Lipinski definition) is 4. The molecule has 6 nitrogen and oxygen atoms in total. The van der Waals surface area contributed by atoms with Crippen LogP contribution in [0.5, 0.6) is 0 Å². The third kappa shape index (κ3) is 3.84. The van der Waals surface area contributed by atoms with E-state index in [9.17, 15) is 13.2 Å². The molecular formula is C17H26ClN3O3S. The highest BCUT2D eigenvalue weighted by Crippen LogP contribution is 2.37. The Hall–Kier alpha value is -1.15. The number of rotatable bonds is 4. The molecule has 3 atom stereocenters. The van der Waals surface area contributed by atoms with Crippen LogP contribution in [0, 0.1) is 18.8 Å². The van der Waals surface area contributed by atoms with Crippen molar-refractivity contribution in [3.63, 3.8) is 0 Å². The van der Waals surface area contributed by atoms with E-state index >= 15 is 0 Å². The first-order valence-electron chi connectivity index (χ1n) is 8.48. The molecule has 1 aromatic carbocycles. The van der Waals surface area contributed by atoms with E-state index in [-0.39, 0.29) is 29.3 Å². The third-order valence-electron chi connectivity index (χ3n) is 5.28. The van der Waals surface area contributed by atoms with E-state index in [1.165, 1.54) is 6.07 Å². The van der Waals surface area contributed by atoms with Crippen molar-refractivity contribution >= 4 is 28.3 Å². The Morgan fingerprint density at radius 1 is 1.32 bits per heavy atom. The first kappa shape index (κ1) is 20.2. The molecule has 0 spiro atoms. The van der Waals surface area contributed by atoms with E-state index in [0.29, 0.717) is 30.5 Å². The van der Waals surface area contributed by atoms with Crippen LogP contribution in [0.25, 0.3) is 0 Å². The number of halogens is 1. The minimum atomic E-state index is -3.57. The predicted octanol–water partition coefficient (Wildman–Crippen LogP) is 1.52. The summed E-state index contributed by atoms with van der Waals surface area (Å²) in [4.78, 5) is 14.9. The van der Waals surface area contributed by atoms with Gasteiger partial charge in [-0.25, -0.2) is 13.1 Å². The zero-order chi connectivity index (χ0) is 17.5. The fraction of sp³-hybridized carbons (Fsp3) is 0.588. The smallest absolute Gasteiger partial charge is 0.254 e. The third-order valence-corrected chi connectivity index (χ3v) is 6.83. The van der Waals surface area contributed by atoms with Crippen LogP contribution in [-0.2, 0) is 10.0 Å². The average Bonchev–Trinajstić information content (AvgIpc) is 3.09. The van der Waals surface area contributed by atoms with E-state index < -0.39 is 10.0 Å². The molecule has 1 aliphatic heterocycles. The number of nitrogens with zero attached hydrogens (tertiary/aromatic N) is 1. The number of carbonyl (C=O) groups excluding carboxylic acids is 1. The van der Waals surface area contributed by atoms with Gasteiger partial charge in [0.25, 0.3) is 5.91 Å². The van der Waals surface area contributed by atoms with Crippen LogP contribution in [-0.4, -0.2) is 44.9 Å². The number of nitrogens with two attached hydrogens (primary N) is 1. The Bertz CT molecular complexity index is 754. The van der Waals surface area contributed by atoms with Crippen molar-refractivity contribution in [1.29, 1.82) is 0 Å². The van der Waals surface area contributed by atoms with E-state index in [2.05, 4.69) is 4.72 Å². The molecule has 2 aliphatic rings.